The van der Waals surface area contributed by atoms with Crippen LogP contribution in [0.3, 0.4) is 0 Å². The first-order chi connectivity index (χ1) is 12.1. The van der Waals surface area contributed by atoms with Crippen molar-refractivity contribution in [2.75, 3.05) is 5.32 Å². The van der Waals surface area contributed by atoms with Gasteiger partial charge >= 0.3 is 0 Å². The fourth-order valence-electron chi connectivity index (χ4n) is 2.69. The minimum absolute atomic E-state index is 0.173. The molecule has 0 amide bonds. The van der Waals surface area contributed by atoms with Crippen LogP contribution < -0.4 is 5.32 Å². The van der Waals surface area contributed by atoms with Gasteiger partial charge in [0.05, 0.1) is 6.20 Å². The molecule has 4 rings (SSSR count). The van der Waals surface area contributed by atoms with Crippen molar-refractivity contribution in [3.8, 4) is 17.0 Å². The van der Waals surface area contributed by atoms with Crippen LogP contribution in [0, 0.1) is 6.92 Å². The fourth-order valence-corrected chi connectivity index (χ4v) is 3.05. The molecule has 5 nitrogen and oxygen atoms in total. The van der Waals surface area contributed by atoms with Gasteiger partial charge in [0, 0.05) is 28.1 Å². The van der Waals surface area contributed by atoms with Gasteiger partial charge in [-0.3, -0.25) is 9.38 Å². The van der Waals surface area contributed by atoms with E-state index >= 15 is 0 Å². The lowest BCUT2D eigenvalue weighted by Gasteiger charge is -2.10. The number of rotatable bonds is 3. The highest BCUT2D eigenvalue weighted by atomic mass is 79.9. The minimum Gasteiger partial charge on any atom is -0.507 e. The number of hydrogen-bond donors (Lipinski definition) is 2. The molecule has 0 atom stereocenters. The third-order valence-electron chi connectivity index (χ3n) is 3.96. The highest BCUT2D eigenvalue weighted by Crippen LogP contribution is 2.37. The molecule has 6 heteroatoms. The maximum atomic E-state index is 10.3. The summed E-state index contributed by atoms with van der Waals surface area (Å²) in [6, 6.07) is 13.4. The predicted octanol–water partition coefficient (Wildman–Crippen LogP) is 4.92. The lowest BCUT2D eigenvalue weighted by molar-refractivity contribution is 0.477. The Labute approximate surface area is 153 Å². The van der Waals surface area contributed by atoms with Crippen molar-refractivity contribution in [1.29, 1.82) is 0 Å². The Balaban J connectivity index is 1.92. The van der Waals surface area contributed by atoms with E-state index < -0.39 is 0 Å². The standard InChI is InChI=1S/C19H15BrN4O/c1-12-2-5-14(6-3-12)22-19-18(15-10-13(20)4-7-16(15)25)23-17-11-21-8-9-24(17)19/h2-11,22,25H,1H3. The van der Waals surface area contributed by atoms with Crippen LogP contribution in [0.2, 0.25) is 0 Å². The summed E-state index contributed by atoms with van der Waals surface area (Å²) in [4.78, 5) is 8.79. The van der Waals surface area contributed by atoms with Gasteiger partial charge in [-0.05, 0) is 37.3 Å². The van der Waals surface area contributed by atoms with E-state index in [0.717, 1.165) is 16.0 Å². The molecule has 0 fully saturated rings. The number of nitrogens with zero attached hydrogens (tertiary/aromatic N) is 3. The Morgan fingerprint density at radius 2 is 1.92 bits per heavy atom. The molecule has 2 heterocycles. The van der Waals surface area contributed by atoms with E-state index in [1.807, 2.05) is 40.9 Å². The molecule has 0 spiro atoms. The van der Waals surface area contributed by atoms with E-state index in [9.17, 15) is 5.11 Å². The molecule has 0 saturated carbocycles. The van der Waals surface area contributed by atoms with Gasteiger partial charge in [-0.1, -0.05) is 33.6 Å². The number of aromatic nitrogens is 3. The largest absolute Gasteiger partial charge is 0.507 e. The normalized spacial score (nSPS) is 11.0. The summed E-state index contributed by atoms with van der Waals surface area (Å²) >= 11 is 3.46. The summed E-state index contributed by atoms with van der Waals surface area (Å²) < 4.78 is 2.79. The van der Waals surface area contributed by atoms with Gasteiger partial charge in [-0.2, -0.15) is 0 Å². The van der Waals surface area contributed by atoms with Crippen LogP contribution in [0.15, 0.2) is 65.5 Å². The third-order valence-corrected chi connectivity index (χ3v) is 4.45. The zero-order valence-electron chi connectivity index (χ0n) is 13.4. The smallest absolute Gasteiger partial charge is 0.157 e. The molecule has 0 bridgehead atoms. The number of phenols is 1. The summed E-state index contributed by atoms with van der Waals surface area (Å²) in [6.45, 7) is 2.05. The average Bonchev–Trinajstić information content (AvgIpc) is 2.97. The fraction of sp³-hybridized carbons (Fsp3) is 0.0526. The Morgan fingerprint density at radius 3 is 2.72 bits per heavy atom. The molecule has 4 aromatic rings. The summed E-state index contributed by atoms with van der Waals surface area (Å²) in [7, 11) is 0. The van der Waals surface area contributed by atoms with Crippen molar-refractivity contribution in [2.24, 2.45) is 0 Å². The number of phenolic OH excluding ortho intramolecular Hbond substituents is 1. The average molecular weight is 395 g/mol. The molecule has 0 saturated heterocycles. The highest BCUT2D eigenvalue weighted by Gasteiger charge is 2.17. The van der Waals surface area contributed by atoms with Crippen molar-refractivity contribution < 1.29 is 5.11 Å². The van der Waals surface area contributed by atoms with Gasteiger partial charge in [0.15, 0.2) is 5.65 Å². The summed E-state index contributed by atoms with van der Waals surface area (Å²) in [5.74, 6) is 0.946. The first-order valence-corrected chi connectivity index (χ1v) is 8.56. The van der Waals surface area contributed by atoms with Gasteiger partial charge in [0.25, 0.3) is 0 Å². The first kappa shape index (κ1) is 15.7. The van der Waals surface area contributed by atoms with E-state index in [2.05, 4.69) is 38.1 Å². The third kappa shape index (κ3) is 2.96. The van der Waals surface area contributed by atoms with Crippen molar-refractivity contribution in [2.45, 2.75) is 6.92 Å². The monoisotopic (exact) mass is 394 g/mol. The number of benzene rings is 2. The molecule has 124 valence electrons. The van der Waals surface area contributed by atoms with E-state index in [1.165, 1.54) is 5.56 Å². The van der Waals surface area contributed by atoms with E-state index in [4.69, 9.17) is 0 Å². The summed E-state index contributed by atoms with van der Waals surface area (Å²) in [5.41, 5.74) is 4.14. The molecule has 0 radical (unpaired) electrons. The van der Waals surface area contributed by atoms with Crippen LogP contribution in [0.25, 0.3) is 16.9 Å². The van der Waals surface area contributed by atoms with Crippen LogP contribution >= 0.6 is 15.9 Å². The lowest BCUT2D eigenvalue weighted by atomic mass is 10.1. The summed E-state index contributed by atoms with van der Waals surface area (Å²) in [5, 5.41) is 13.7. The van der Waals surface area contributed by atoms with Crippen molar-refractivity contribution >= 4 is 33.1 Å². The maximum Gasteiger partial charge on any atom is 0.157 e. The number of imidazole rings is 1. The van der Waals surface area contributed by atoms with Crippen LogP contribution in [-0.2, 0) is 0 Å². The maximum absolute atomic E-state index is 10.3. The molecule has 2 N–H and O–H groups in total. The molecule has 0 unspecified atom stereocenters. The first-order valence-electron chi connectivity index (χ1n) is 7.76. The number of aromatic hydroxyl groups is 1. The number of fused-ring (bicyclic) bond motifs is 1. The molecule has 2 aromatic heterocycles. The van der Waals surface area contributed by atoms with Crippen LogP contribution in [0.4, 0.5) is 11.5 Å². The van der Waals surface area contributed by atoms with Crippen LogP contribution in [0.1, 0.15) is 5.56 Å². The second-order valence-corrected chi connectivity index (χ2v) is 6.68. The van der Waals surface area contributed by atoms with Gasteiger partial charge in [0.2, 0.25) is 0 Å². The molecule has 0 aliphatic rings. The summed E-state index contributed by atoms with van der Waals surface area (Å²) in [6.07, 6.45) is 5.25. The minimum atomic E-state index is 0.173. The SMILES string of the molecule is Cc1ccc(Nc2c(-c3cc(Br)ccc3O)nc3cnccn23)cc1. The zero-order valence-corrected chi connectivity index (χ0v) is 15.0. The van der Waals surface area contributed by atoms with E-state index in [0.29, 0.717) is 16.9 Å². The van der Waals surface area contributed by atoms with Crippen molar-refractivity contribution in [1.82, 2.24) is 14.4 Å². The molecule has 0 aliphatic carbocycles. The van der Waals surface area contributed by atoms with Gasteiger partial charge < -0.3 is 10.4 Å². The number of nitrogens with one attached hydrogen (secondary N) is 1. The quantitative estimate of drug-likeness (QED) is 0.517. The van der Waals surface area contributed by atoms with Crippen LogP contribution in [0.5, 0.6) is 5.75 Å². The molecule has 0 aliphatic heterocycles. The van der Waals surface area contributed by atoms with E-state index in [-0.39, 0.29) is 5.75 Å². The predicted molar refractivity (Wildman–Crippen MR) is 102 cm³/mol. The number of halogens is 1. The topological polar surface area (TPSA) is 62.5 Å². The van der Waals surface area contributed by atoms with Crippen molar-refractivity contribution in [3.63, 3.8) is 0 Å². The Hall–Kier alpha value is -2.86. The lowest BCUT2D eigenvalue weighted by Crippen LogP contribution is -1.97. The van der Waals surface area contributed by atoms with Crippen LogP contribution in [-0.4, -0.2) is 19.5 Å². The zero-order chi connectivity index (χ0) is 17.4. The van der Waals surface area contributed by atoms with Gasteiger partial charge in [-0.25, -0.2) is 4.98 Å². The molecular weight excluding hydrogens is 380 g/mol. The van der Waals surface area contributed by atoms with Gasteiger partial charge in [0.1, 0.15) is 17.3 Å². The Morgan fingerprint density at radius 1 is 1.12 bits per heavy atom. The Kier molecular flexibility index (Phi) is 3.89. The molecule has 2 aromatic carbocycles. The number of hydrogen-bond acceptors (Lipinski definition) is 4. The number of anilines is 2. The Bertz CT molecular complexity index is 1060. The molecule has 25 heavy (non-hydrogen) atoms. The van der Waals surface area contributed by atoms with E-state index in [1.54, 1.807) is 24.5 Å². The highest BCUT2D eigenvalue weighted by molar-refractivity contribution is 9.10. The second-order valence-electron chi connectivity index (χ2n) is 5.77. The molecular formula is C19H15BrN4O. The number of aryl methyl sites for hydroxylation is 1. The second kappa shape index (κ2) is 6.22. The van der Waals surface area contributed by atoms with Crippen molar-refractivity contribution in [3.05, 3.63) is 71.1 Å². The van der Waals surface area contributed by atoms with Gasteiger partial charge in [-0.15, -0.1) is 0 Å².